The predicted molar refractivity (Wildman–Crippen MR) is 189 cm³/mol. The molecule has 2 aromatic heterocycles. The molecule has 17 heteroatoms. The van der Waals surface area contributed by atoms with Gasteiger partial charge in [-0.25, -0.2) is 4.98 Å². The Morgan fingerprint density at radius 2 is 1.46 bits per heavy atom. The Morgan fingerprint density at radius 3 is 2.02 bits per heavy atom. The summed E-state index contributed by atoms with van der Waals surface area (Å²) in [5.41, 5.74) is 1.41. The van der Waals surface area contributed by atoms with E-state index in [1.165, 1.54) is 18.3 Å². The van der Waals surface area contributed by atoms with E-state index in [-0.39, 0.29) is 23.5 Å². The Labute approximate surface area is 321 Å². The normalized spacial score (nSPS) is 21.4. The van der Waals surface area contributed by atoms with E-state index in [0.29, 0.717) is 23.2 Å². The summed E-state index contributed by atoms with van der Waals surface area (Å²) in [5.74, 6) is -3.33. The summed E-state index contributed by atoms with van der Waals surface area (Å²) in [5, 5.41) is 10.5. The lowest BCUT2D eigenvalue weighted by molar-refractivity contribution is -0.289. The van der Waals surface area contributed by atoms with Crippen molar-refractivity contribution in [3.63, 3.8) is 0 Å². The number of halogens is 2. The first-order valence-corrected chi connectivity index (χ1v) is 17.8. The van der Waals surface area contributed by atoms with E-state index in [1.54, 1.807) is 44.3 Å². The molecule has 1 aliphatic heterocycles. The maximum Gasteiger partial charge on any atom is 0.387 e. The molecule has 5 rings (SSSR count). The van der Waals surface area contributed by atoms with Crippen LogP contribution in [-0.2, 0) is 54.9 Å². The van der Waals surface area contributed by atoms with Crippen LogP contribution in [0.3, 0.4) is 0 Å². The van der Waals surface area contributed by atoms with Gasteiger partial charge < -0.3 is 43.0 Å². The number of esters is 4. The minimum Gasteiger partial charge on any atom is -0.487 e. The van der Waals surface area contributed by atoms with Crippen molar-refractivity contribution >= 4 is 23.9 Å². The van der Waals surface area contributed by atoms with E-state index < -0.39 is 79.3 Å². The molecule has 0 radical (unpaired) electrons. The monoisotopic (exact) mass is 786 g/mol. The van der Waals surface area contributed by atoms with E-state index in [9.17, 15) is 33.1 Å². The fraction of sp³-hybridized carbons (Fsp3) is 0.487. The van der Waals surface area contributed by atoms with Crippen LogP contribution in [0, 0.1) is 0 Å². The number of hydrogen-bond acceptors (Lipinski definition) is 15. The lowest BCUT2D eigenvalue weighted by atomic mass is 9.86. The van der Waals surface area contributed by atoms with Crippen molar-refractivity contribution in [1.82, 2.24) is 9.97 Å². The maximum absolute atomic E-state index is 13.3. The molecule has 1 saturated heterocycles. The number of carbonyl (C=O) groups excluding carboxylic acids is 4. The summed E-state index contributed by atoms with van der Waals surface area (Å²) in [6, 6.07) is 11.5. The van der Waals surface area contributed by atoms with Gasteiger partial charge in [0.2, 0.25) is 18.3 Å². The Balaban J connectivity index is 1.45. The number of nitrogens with zero attached hydrogens (tertiary/aromatic N) is 2. The number of aromatic nitrogens is 2. The van der Waals surface area contributed by atoms with Crippen molar-refractivity contribution in [2.45, 2.75) is 116 Å². The highest BCUT2D eigenvalue weighted by Gasteiger charge is 2.53. The second kappa shape index (κ2) is 18.0. The zero-order valence-electron chi connectivity index (χ0n) is 31.6. The van der Waals surface area contributed by atoms with Gasteiger partial charge in [-0.15, -0.1) is 0 Å². The summed E-state index contributed by atoms with van der Waals surface area (Å²) in [7, 11) is 0. The number of rotatable bonds is 16. The van der Waals surface area contributed by atoms with E-state index in [0.717, 1.165) is 46.1 Å². The van der Waals surface area contributed by atoms with Crippen LogP contribution in [0.4, 0.5) is 8.78 Å². The van der Waals surface area contributed by atoms with Crippen LogP contribution in [0.5, 0.6) is 17.4 Å². The molecule has 1 aromatic carbocycles. The van der Waals surface area contributed by atoms with E-state index in [1.807, 2.05) is 6.07 Å². The SMILES string of the molecule is CC(=O)OC[C@H]1O[C@H](Oc2ccc(C[C@H](c3ccc(C(C)(C)O)nc3)c3ccc(OC(F)F)c(OC4CC4)c3)cn2)[C@@H](OC(C)=O)[C@@H](OC(C)=O)[C@@H]1OC(C)=O. The highest BCUT2D eigenvalue weighted by molar-refractivity contribution is 5.68. The van der Waals surface area contributed by atoms with Gasteiger partial charge >= 0.3 is 30.5 Å². The van der Waals surface area contributed by atoms with Crippen LogP contribution in [0.15, 0.2) is 54.9 Å². The van der Waals surface area contributed by atoms with Crippen LogP contribution >= 0.6 is 0 Å². The Morgan fingerprint density at radius 1 is 0.804 bits per heavy atom. The van der Waals surface area contributed by atoms with Crippen molar-refractivity contribution in [2.24, 2.45) is 0 Å². The van der Waals surface area contributed by atoms with Crippen LogP contribution < -0.4 is 14.2 Å². The van der Waals surface area contributed by atoms with Crippen LogP contribution in [0.1, 0.15) is 82.7 Å². The number of hydrogen-bond donors (Lipinski definition) is 1. The van der Waals surface area contributed by atoms with Gasteiger partial charge in [0, 0.05) is 52.1 Å². The first-order chi connectivity index (χ1) is 26.5. The summed E-state index contributed by atoms with van der Waals surface area (Å²) >= 11 is 0. The Kier molecular flexibility index (Phi) is 13.4. The second-order valence-electron chi connectivity index (χ2n) is 13.9. The third-order valence-electron chi connectivity index (χ3n) is 8.64. The van der Waals surface area contributed by atoms with Gasteiger partial charge in [0.1, 0.15) is 18.3 Å². The number of benzene rings is 1. The lowest BCUT2D eigenvalue weighted by Crippen LogP contribution is -2.63. The smallest absolute Gasteiger partial charge is 0.387 e. The largest absolute Gasteiger partial charge is 0.487 e. The van der Waals surface area contributed by atoms with Crippen molar-refractivity contribution < 1.29 is 71.0 Å². The fourth-order valence-electron chi connectivity index (χ4n) is 6.03. The molecule has 302 valence electrons. The molecule has 15 nitrogen and oxygen atoms in total. The first kappa shape index (κ1) is 41.7. The Bertz CT molecular complexity index is 1850. The molecule has 3 aromatic rings. The summed E-state index contributed by atoms with van der Waals surface area (Å²) < 4.78 is 70.7. The van der Waals surface area contributed by atoms with Gasteiger partial charge in [-0.05, 0) is 68.0 Å². The standard InChI is InChI=1S/C39H44F2N2O13/c1-20(44)49-19-31-34(50-21(2)45)35(51-22(3)46)36(52-23(4)47)37(54-31)56-33-14-7-24(17-43-33)15-28(26-9-13-32(42-18-26)39(5,6)48)25-8-12-29(55-38(40)41)30(16-25)53-27-10-11-27/h7-9,12-14,16-18,27-28,31,34-38,48H,10-11,15,19H2,1-6H3/t28-,31+,34+,35-,36-,37+/m0/s1. The first-order valence-electron chi connectivity index (χ1n) is 17.8. The molecule has 2 aliphatic rings. The second-order valence-corrected chi connectivity index (χ2v) is 13.9. The van der Waals surface area contributed by atoms with Crippen molar-refractivity contribution in [3.8, 4) is 17.4 Å². The minimum absolute atomic E-state index is 0.00369. The molecule has 3 heterocycles. The molecule has 0 bridgehead atoms. The van der Waals surface area contributed by atoms with E-state index in [4.69, 9.17) is 37.9 Å². The van der Waals surface area contributed by atoms with Crippen LogP contribution in [0.25, 0.3) is 0 Å². The molecule has 0 unspecified atom stereocenters. The average molecular weight is 787 g/mol. The predicted octanol–water partition coefficient (Wildman–Crippen LogP) is 4.68. The van der Waals surface area contributed by atoms with Crippen LogP contribution in [-0.4, -0.2) is 89.0 Å². The van der Waals surface area contributed by atoms with Gasteiger partial charge in [-0.2, -0.15) is 8.78 Å². The maximum atomic E-state index is 13.3. The van der Waals surface area contributed by atoms with E-state index in [2.05, 4.69) is 9.97 Å². The van der Waals surface area contributed by atoms with Gasteiger partial charge in [0.15, 0.2) is 23.7 Å². The van der Waals surface area contributed by atoms with Gasteiger partial charge in [-0.3, -0.25) is 24.2 Å². The molecule has 0 spiro atoms. The highest BCUT2D eigenvalue weighted by Crippen LogP contribution is 2.39. The third-order valence-corrected chi connectivity index (χ3v) is 8.64. The van der Waals surface area contributed by atoms with Crippen molar-refractivity contribution in [2.75, 3.05) is 6.61 Å². The number of aliphatic hydroxyl groups is 1. The zero-order chi connectivity index (χ0) is 40.7. The highest BCUT2D eigenvalue weighted by atomic mass is 19.3. The quantitative estimate of drug-likeness (QED) is 0.156. The van der Waals surface area contributed by atoms with Crippen molar-refractivity contribution in [1.29, 1.82) is 0 Å². The molecule has 6 atom stereocenters. The fourth-order valence-corrected chi connectivity index (χ4v) is 6.03. The number of carbonyl (C=O) groups is 4. The molecule has 1 N–H and O–H groups in total. The molecule has 56 heavy (non-hydrogen) atoms. The van der Waals surface area contributed by atoms with Gasteiger partial charge in [-0.1, -0.05) is 18.2 Å². The molecular weight excluding hydrogens is 742 g/mol. The molecule has 2 fully saturated rings. The third kappa shape index (κ3) is 11.6. The zero-order valence-corrected chi connectivity index (χ0v) is 31.6. The Hall–Kier alpha value is -5.42. The summed E-state index contributed by atoms with van der Waals surface area (Å²) in [6.07, 6.45) is -1.96. The van der Waals surface area contributed by atoms with Gasteiger partial charge in [0.25, 0.3) is 0 Å². The summed E-state index contributed by atoms with van der Waals surface area (Å²) in [6.45, 7) is 4.27. The molecule has 0 amide bonds. The lowest BCUT2D eigenvalue weighted by Gasteiger charge is -2.43. The van der Waals surface area contributed by atoms with Crippen LogP contribution in [0.2, 0.25) is 0 Å². The average Bonchev–Trinajstić information content (AvgIpc) is 3.93. The topological polar surface area (TPSA) is 188 Å². The number of pyridine rings is 2. The molecule has 1 aliphatic carbocycles. The molecular formula is C39H44F2N2O13. The number of ether oxygens (including phenoxy) is 8. The van der Waals surface area contributed by atoms with Gasteiger partial charge in [0.05, 0.1) is 11.8 Å². The molecule has 1 saturated carbocycles. The minimum atomic E-state index is -3.05. The van der Waals surface area contributed by atoms with E-state index >= 15 is 0 Å². The summed E-state index contributed by atoms with van der Waals surface area (Å²) in [4.78, 5) is 57.1. The van der Waals surface area contributed by atoms with Crippen molar-refractivity contribution in [3.05, 3.63) is 77.2 Å². The number of alkyl halides is 2.